The minimum Gasteiger partial charge on any atom is -0.550 e. The van der Waals surface area contributed by atoms with Crippen molar-refractivity contribution in [1.82, 2.24) is 0 Å². The van der Waals surface area contributed by atoms with Gasteiger partial charge in [-0.3, -0.25) is 0 Å². The summed E-state index contributed by atoms with van der Waals surface area (Å²) in [4.78, 5) is 99.1. The van der Waals surface area contributed by atoms with Crippen LogP contribution in [0.1, 0.15) is 32.1 Å². The van der Waals surface area contributed by atoms with Crippen LogP contribution in [0.5, 0.6) is 0 Å². The van der Waals surface area contributed by atoms with E-state index in [1.807, 2.05) is 0 Å². The molecule has 0 N–H and O–H groups in total. The number of aliphatic carboxylic acids is 10. The molecule has 0 aliphatic rings. The molecule has 0 aliphatic heterocycles. The van der Waals surface area contributed by atoms with Gasteiger partial charge in [-0.05, 0) is 0 Å². The first-order chi connectivity index (χ1) is 21.8. The third kappa shape index (κ3) is 39.2. The van der Waals surface area contributed by atoms with E-state index >= 15 is 0 Å². The van der Waals surface area contributed by atoms with Crippen molar-refractivity contribution in [1.29, 1.82) is 0 Å². The van der Waals surface area contributed by atoms with Crippen LogP contribution >= 0.6 is 126 Å². The normalized spacial score (nSPS) is 10.6. The van der Waals surface area contributed by atoms with Gasteiger partial charge in [0.2, 0.25) is 0 Å². The van der Waals surface area contributed by atoms with Crippen molar-refractivity contribution in [3.8, 4) is 0 Å². The number of hydrogen-bond acceptors (Lipinski definition) is 30. The third-order valence-electron chi connectivity index (χ3n) is 3.59. The summed E-state index contributed by atoms with van der Waals surface area (Å²) < 4.78 is -9.73. The molecular weight excluding hydrogens is 1250 g/mol. The monoisotopic (exact) mass is 1270 g/mol. The van der Waals surface area contributed by atoms with E-state index in [4.69, 9.17) is 0 Å². The van der Waals surface area contributed by atoms with Crippen LogP contribution in [0.3, 0.4) is 0 Å². The second kappa shape index (κ2) is 29.8. The van der Waals surface area contributed by atoms with E-state index in [0.29, 0.717) is 0 Å². The van der Waals surface area contributed by atoms with Gasteiger partial charge < -0.3 is 99.0 Å². The first-order valence-electron chi connectivity index (χ1n) is 11.1. The predicted octanol–water partition coefficient (Wildman–Crippen LogP) is -12.8. The fraction of sp³-hybridized carbons (Fsp3) is 0.500. The topological polar surface area (TPSA) is 401 Å². The quantitative estimate of drug-likeness (QED) is 0.0538. The molecule has 0 spiro atoms. The van der Waals surface area contributed by atoms with E-state index in [1.165, 1.54) is 0 Å². The SMILES string of the molecule is O=C([O-])CC(S)(S)C(=O)[O-].O=C([O-])CC(S)(S)C(=O)[O-].O=C([O-])CC(S)(S)C(=O)[O-].O=C([O-])CC(S)(S)C(=O)[O-].O=C([O-])CC(S)(S)C(=O)[O-].[Re].[Re]. The van der Waals surface area contributed by atoms with Gasteiger partial charge in [0.1, 0.15) is 0 Å². The Hall–Kier alpha value is -0.475. The van der Waals surface area contributed by atoms with Gasteiger partial charge >= 0.3 is 0 Å². The van der Waals surface area contributed by atoms with E-state index < -0.39 is 112 Å². The minimum absolute atomic E-state index is 0. The number of carbonyl (C=O) groups excluding carboxylic acids is 10. The van der Waals surface area contributed by atoms with E-state index in [-0.39, 0.29) is 40.8 Å². The van der Waals surface area contributed by atoms with Gasteiger partial charge in [0.05, 0.1) is 50.2 Å². The summed E-state index contributed by atoms with van der Waals surface area (Å²) in [5.41, 5.74) is 0. The molecule has 32 heteroatoms. The zero-order valence-corrected chi connectivity index (χ0v) is 38.8. The zero-order valence-electron chi connectivity index (χ0n) is 24.4. The maximum atomic E-state index is 10.0. The Morgan fingerprint density at radius 1 is 0.269 bits per heavy atom. The Morgan fingerprint density at radius 2 is 0.346 bits per heavy atom. The van der Waals surface area contributed by atoms with Crippen molar-refractivity contribution in [2.24, 2.45) is 0 Å². The van der Waals surface area contributed by atoms with E-state index in [9.17, 15) is 99.0 Å². The van der Waals surface area contributed by atoms with Crippen molar-refractivity contribution in [2.45, 2.75) is 52.5 Å². The molecular formula is C20H20O20Re2S10-10. The number of carboxylic acid groups (broad SMARTS) is 10. The summed E-state index contributed by atoms with van der Waals surface area (Å²) >= 11 is 34.0. The molecule has 0 fully saturated rings. The molecule has 0 aromatic heterocycles. The second-order valence-electron chi connectivity index (χ2n) is 8.26. The fourth-order valence-electron chi connectivity index (χ4n) is 1.37. The summed E-state index contributed by atoms with van der Waals surface area (Å²) in [6.45, 7) is 0. The molecule has 0 saturated carbocycles. The van der Waals surface area contributed by atoms with Gasteiger partial charge in [-0.2, -0.15) is 126 Å². The molecule has 0 amide bonds. The molecule has 0 aromatic rings. The number of carboxylic acids is 10. The summed E-state index contributed by atoms with van der Waals surface area (Å²) in [5.74, 6) is -15.9. The van der Waals surface area contributed by atoms with Crippen LogP contribution in [0.25, 0.3) is 0 Å². The van der Waals surface area contributed by atoms with Crippen molar-refractivity contribution < 1.29 is 140 Å². The Bertz CT molecular complexity index is 1060. The Morgan fingerprint density at radius 3 is 0.365 bits per heavy atom. The molecule has 52 heavy (non-hydrogen) atoms. The number of hydrogen-bond donors (Lipinski definition) is 10. The molecule has 0 aromatic carbocycles. The third-order valence-corrected chi connectivity index (χ3v) is 7.00. The maximum absolute atomic E-state index is 10.0. The smallest absolute Gasteiger partial charge is 0.0999 e. The Balaban J connectivity index is -0.0000000964. The van der Waals surface area contributed by atoms with E-state index in [1.54, 1.807) is 0 Å². The standard InChI is InChI=1S/5C4H6O4S2.2Re/c5*5-2(6)1-4(9,10)3(7)8;;/h5*9-10H,1H2,(H,5,6)(H,7,8);;/p-10. The van der Waals surface area contributed by atoms with Gasteiger partial charge in [-0.25, -0.2) is 0 Å². The van der Waals surface area contributed by atoms with Crippen LogP contribution in [0.2, 0.25) is 0 Å². The molecule has 0 atom stereocenters. The Labute approximate surface area is 374 Å². The average Bonchev–Trinajstić information content (AvgIpc) is 2.81. The van der Waals surface area contributed by atoms with Crippen LogP contribution in [0, 0.1) is 0 Å². The largest absolute Gasteiger partial charge is 0.550 e. The number of carbonyl (C=O) groups is 10. The molecule has 20 nitrogen and oxygen atoms in total. The van der Waals surface area contributed by atoms with Gasteiger partial charge in [0.25, 0.3) is 0 Å². The van der Waals surface area contributed by atoms with E-state index in [2.05, 4.69) is 126 Å². The van der Waals surface area contributed by atoms with Gasteiger partial charge in [0.15, 0.2) is 0 Å². The first-order valence-corrected chi connectivity index (χ1v) is 15.6. The van der Waals surface area contributed by atoms with E-state index in [0.717, 1.165) is 0 Å². The summed E-state index contributed by atoms with van der Waals surface area (Å²) in [5, 5.41) is 99.1. The molecule has 0 saturated heterocycles. The molecule has 304 valence electrons. The summed E-state index contributed by atoms with van der Waals surface area (Å²) in [7, 11) is 0. The molecule has 0 bridgehead atoms. The van der Waals surface area contributed by atoms with Gasteiger partial charge in [-0.15, -0.1) is 0 Å². The molecule has 0 rings (SSSR count). The average molecular weight is 1270 g/mol. The molecule has 0 unspecified atom stereocenters. The minimum atomic E-state index is -1.95. The maximum Gasteiger partial charge on any atom is 0.0999 e. The molecule has 0 aliphatic carbocycles. The van der Waals surface area contributed by atoms with Gasteiger partial charge in [-0.1, -0.05) is 0 Å². The van der Waals surface area contributed by atoms with Crippen LogP contribution in [0.4, 0.5) is 0 Å². The van der Waals surface area contributed by atoms with Crippen LogP contribution in [-0.2, 0) is 88.8 Å². The van der Waals surface area contributed by atoms with Crippen molar-refractivity contribution in [3.63, 3.8) is 0 Å². The van der Waals surface area contributed by atoms with Crippen LogP contribution in [0.15, 0.2) is 0 Å². The van der Waals surface area contributed by atoms with Crippen LogP contribution in [-0.4, -0.2) is 80.1 Å². The zero-order chi connectivity index (χ0) is 41.8. The van der Waals surface area contributed by atoms with Crippen molar-refractivity contribution in [3.05, 3.63) is 0 Å². The van der Waals surface area contributed by atoms with Crippen molar-refractivity contribution >= 4 is 186 Å². The fourth-order valence-corrected chi connectivity index (χ4v) is 2.66. The van der Waals surface area contributed by atoms with Crippen molar-refractivity contribution in [2.75, 3.05) is 0 Å². The number of thiol groups is 10. The molecule has 0 heterocycles. The second-order valence-corrected chi connectivity index (χ2v) is 17.7. The molecule has 2 radical (unpaired) electrons. The Kier molecular flexibility index (Phi) is 38.0. The number of rotatable bonds is 15. The van der Waals surface area contributed by atoms with Gasteiger partial charge in [0, 0.05) is 103 Å². The summed E-state index contributed by atoms with van der Waals surface area (Å²) in [6, 6.07) is 0. The van der Waals surface area contributed by atoms with Crippen LogP contribution < -0.4 is 51.1 Å². The summed E-state index contributed by atoms with van der Waals surface area (Å²) in [6.07, 6.45) is -3.95. The first kappa shape index (κ1) is 66.3. The predicted molar refractivity (Wildman–Crippen MR) is 177 cm³/mol.